The molecule has 0 radical (unpaired) electrons. The van der Waals surface area contributed by atoms with Crippen LogP contribution in [0.1, 0.15) is 10.4 Å². The number of aromatic nitrogens is 2. The molecule has 0 atom stereocenters. The number of hydrogen-bond donors (Lipinski definition) is 2. The predicted molar refractivity (Wildman–Crippen MR) is 115 cm³/mol. The van der Waals surface area contributed by atoms with Crippen molar-refractivity contribution >= 4 is 17.6 Å². The number of likely N-dealkylation sites (N-methyl/N-ethyl adjacent to an activating group) is 1. The van der Waals surface area contributed by atoms with E-state index in [9.17, 15) is 9.59 Å². The third-order valence-electron chi connectivity index (χ3n) is 4.54. The number of rotatable bonds is 8. The van der Waals surface area contributed by atoms with Gasteiger partial charge in [-0.2, -0.15) is 5.10 Å². The van der Waals surface area contributed by atoms with Gasteiger partial charge < -0.3 is 21.1 Å². The fourth-order valence-electron chi connectivity index (χ4n) is 2.91. The first kappa shape index (κ1) is 20.7. The van der Waals surface area contributed by atoms with Gasteiger partial charge in [0, 0.05) is 19.2 Å². The first-order valence-electron chi connectivity index (χ1n) is 9.27. The van der Waals surface area contributed by atoms with Gasteiger partial charge in [-0.15, -0.1) is 0 Å². The normalized spacial score (nSPS) is 10.4. The molecule has 30 heavy (non-hydrogen) atoms. The van der Waals surface area contributed by atoms with Crippen molar-refractivity contribution in [2.45, 2.75) is 6.54 Å². The van der Waals surface area contributed by atoms with E-state index < -0.39 is 5.91 Å². The molecular formula is C22H23N5O3. The van der Waals surface area contributed by atoms with E-state index in [1.165, 1.54) is 15.7 Å². The Morgan fingerprint density at radius 1 is 1.13 bits per heavy atom. The van der Waals surface area contributed by atoms with Crippen LogP contribution in [-0.4, -0.2) is 40.1 Å². The van der Waals surface area contributed by atoms with Crippen molar-refractivity contribution in [3.8, 4) is 22.8 Å². The summed E-state index contributed by atoms with van der Waals surface area (Å²) in [5, 5.41) is 4.46. The molecule has 0 aliphatic rings. The fourth-order valence-corrected chi connectivity index (χ4v) is 2.91. The van der Waals surface area contributed by atoms with Crippen LogP contribution in [0.2, 0.25) is 0 Å². The van der Waals surface area contributed by atoms with Gasteiger partial charge in [0.1, 0.15) is 28.6 Å². The monoisotopic (exact) mass is 405 g/mol. The highest BCUT2D eigenvalue weighted by molar-refractivity contribution is 6.03. The first-order valence-corrected chi connectivity index (χ1v) is 9.27. The highest BCUT2D eigenvalue weighted by Crippen LogP contribution is 2.29. The number of hydrogen-bond acceptors (Lipinski definition) is 5. The van der Waals surface area contributed by atoms with E-state index in [-0.39, 0.29) is 17.3 Å². The van der Waals surface area contributed by atoms with Crippen LogP contribution >= 0.6 is 0 Å². The summed E-state index contributed by atoms with van der Waals surface area (Å²) in [7, 11) is 1.64. The molecule has 1 aromatic heterocycles. The molecular weight excluding hydrogens is 382 g/mol. The fraction of sp³-hybridized carbons (Fsp3) is 0.136. The van der Waals surface area contributed by atoms with Crippen molar-refractivity contribution in [1.82, 2.24) is 14.7 Å². The standard InChI is InChI=1S/C22H23N5O3/c1-3-18(28)26(2)13-14-27-21(23)19(22(24)29)20(25-27)15-9-11-17(12-10-15)30-16-7-5-4-6-8-16/h3-12H,1,13-14,23H2,2H3,(H2,24,29). The van der Waals surface area contributed by atoms with Gasteiger partial charge in [0.25, 0.3) is 5.91 Å². The van der Waals surface area contributed by atoms with Gasteiger partial charge in [0.15, 0.2) is 0 Å². The summed E-state index contributed by atoms with van der Waals surface area (Å²) in [6.45, 7) is 4.11. The van der Waals surface area contributed by atoms with E-state index in [2.05, 4.69) is 11.7 Å². The highest BCUT2D eigenvalue weighted by Gasteiger charge is 2.21. The second-order valence-electron chi connectivity index (χ2n) is 6.60. The number of anilines is 1. The molecule has 3 rings (SSSR count). The molecule has 2 amide bonds. The second-order valence-corrected chi connectivity index (χ2v) is 6.60. The van der Waals surface area contributed by atoms with Crippen LogP contribution in [0.3, 0.4) is 0 Å². The zero-order valence-electron chi connectivity index (χ0n) is 16.6. The van der Waals surface area contributed by atoms with Crippen LogP contribution in [-0.2, 0) is 11.3 Å². The Hall–Kier alpha value is -4.07. The Labute approximate surface area is 174 Å². The Morgan fingerprint density at radius 3 is 2.37 bits per heavy atom. The van der Waals surface area contributed by atoms with E-state index in [0.717, 1.165) is 5.75 Å². The number of benzene rings is 2. The maximum absolute atomic E-state index is 12.0. The van der Waals surface area contributed by atoms with Gasteiger partial charge in [-0.05, 0) is 42.5 Å². The number of ether oxygens (including phenoxy) is 1. The zero-order valence-corrected chi connectivity index (χ0v) is 16.6. The molecule has 1 heterocycles. The van der Waals surface area contributed by atoms with Gasteiger partial charge in [-0.1, -0.05) is 24.8 Å². The third-order valence-corrected chi connectivity index (χ3v) is 4.54. The predicted octanol–water partition coefficient (Wildman–Crippen LogP) is 2.67. The number of primary amides is 1. The SMILES string of the molecule is C=CC(=O)N(C)CCn1nc(-c2ccc(Oc3ccccc3)cc2)c(C(N)=O)c1N. The number of nitrogens with zero attached hydrogens (tertiary/aromatic N) is 3. The number of carbonyl (C=O) groups excluding carboxylic acids is 2. The highest BCUT2D eigenvalue weighted by atomic mass is 16.5. The van der Waals surface area contributed by atoms with E-state index >= 15 is 0 Å². The lowest BCUT2D eigenvalue weighted by molar-refractivity contribution is -0.124. The third kappa shape index (κ3) is 4.49. The van der Waals surface area contributed by atoms with Crippen molar-refractivity contribution < 1.29 is 14.3 Å². The average molecular weight is 405 g/mol. The van der Waals surface area contributed by atoms with E-state index in [0.29, 0.717) is 30.1 Å². The molecule has 0 unspecified atom stereocenters. The lowest BCUT2D eigenvalue weighted by Gasteiger charge is -2.15. The minimum atomic E-state index is -0.672. The van der Waals surface area contributed by atoms with Crippen molar-refractivity contribution in [2.75, 3.05) is 19.3 Å². The number of amides is 2. The smallest absolute Gasteiger partial charge is 0.254 e. The van der Waals surface area contributed by atoms with Crippen LogP contribution in [0.4, 0.5) is 5.82 Å². The maximum atomic E-state index is 12.0. The minimum absolute atomic E-state index is 0.143. The summed E-state index contributed by atoms with van der Waals surface area (Å²) in [5.74, 6) is 0.623. The molecule has 3 aromatic rings. The first-order chi connectivity index (χ1) is 14.4. The Balaban J connectivity index is 1.84. The van der Waals surface area contributed by atoms with Crippen LogP contribution in [0.15, 0.2) is 67.3 Å². The van der Waals surface area contributed by atoms with Crippen molar-refractivity contribution in [3.63, 3.8) is 0 Å². The molecule has 0 fully saturated rings. The summed E-state index contributed by atoms with van der Waals surface area (Å²) in [4.78, 5) is 25.1. The zero-order chi connectivity index (χ0) is 21.7. The molecule has 0 saturated heterocycles. The van der Waals surface area contributed by atoms with E-state index in [1.54, 1.807) is 31.3 Å². The molecule has 154 valence electrons. The molecule has 4 N–H and O–H groups in total. The molecule has 0 aliphatic heterocycles. The van der Waals surface area contributed by atoms with Crippen molar-refractivity contribution in [1.29, 1.82) is 0 Å². The Bertz CT molecular complexity index is 1060. The molecule has 0 bridgehead atoms. The number of nitrogens with two attached hydrogens (primary N) is 2. The molecule has 0 spiro atoms. The van der Waals surface area contributed by atoms with Gasteiger partial charge in [0.05, 0.1) is 6.54 Å². The largest absolute Gasteiger partial charge is 0.457 e. The average Bonchev–Trinajstić information content (AvgIpc) is 3.09. The summed E-state index contributed by atoms with van der Waals surface area (Å²) >= 11 is 0. The lowest BCUT2D eigenvalue weighted by atomic mass is 10.1. The molecule has 8 nitrogen and oxygen atoms in total. The van der Waals surface area contributed by atoms with Gasteiger partial charge in [-0.25, -0.2) is 4.68 Å². The van der Waals surface area contributed by atoms with E-state index in [4.69, 9.17) is 16.2 Å². The number of para-hydroxylation sites is 1. The summed E-state index contributed by atoms with van der Waals surface area (Å²) in [6, 6.07) is 16.5. The number of carbonyl (C=O) groups is 2. The minimum Gasteiger partial charge on any atom is -0.457 e. The van der Waals surface area contributed by atoms with Gasteiger partial charge in [0.2, 0.25) is 5.91 Å². The molecule has 2 aromatic carbocycles. The molecule has 0 aliphatic carbocycles. The molecule has 8 heteroatoms. The Kier molecular flexibility index (Phi) is 6.17. The van der Waals surface area contributed by atoms with Crippen molar-refractivity contribution in [2.24, 2.45) is 5.73 Å². The van der Waals surface area contributed by atoms with Crippen LogP contribution in [0.5, 0.6) is 11.5 Å². The van der Waals surface area contributed by atoms with Crippen molar-refractivity contribution in [3.05, 3.63) is 72.8 Å². The molecule has 0 saturated carbocycles. The quantitative estimate of drug-likeness (QED) is 0.559. The second kappa shape index (κ2) is 8.95. The summed E-state index contributed by atoms with van der Waals surface area (Å²) in [6.07, 6.45) is 1.23. The summed E-state index contributed by atoms with van der Waals surface area (Å²) < 4.78 is 7.26. The van der Waals surface area contributed by atoms with Gasteiger partial charge >= 0.3 is 0 Å². The summed E-state index contributed by atoms with van der Waals surface area (Å²) in [5.41, 5.74) is 12.9. The van der Waals surface area contributed by atoms with E-state index in [1.807, 2.05) is 30.3 Å². The topological polar surface area (TPSA) is 116 Å². The van der Waals surface area contributed by atoms with Crippen LogP contribution < -0.4 is 16.2 Å². The van der Waals surface area contributed by atoms with Crippen LogP contribution in [0, 0.1) is 0 Å². The maximum Gasteiger partial charge on any atom is 0.254 e. The lowest BCUT2D eigenvalue weighted by Crippen LogP contribution is -2.29. The van der Waals surface area contributed by atoms with Crippen LogP contribution in [0.25, 0.3) is 11.3 Å². The Morgan fingerprint density at radius 2 is 1.77 bits per heavy atom. The van der Waals surface area contributed by atoms with Gasteiger partial charge in [-0.3, -0.25) is 9.59 Å². The number of nitrogen functional groups attached to an aromatic ring is 1.